The van der Waals surface area contributed by atoms with Crippen molar-refractivity contribution in [3.05, 3.63) is 27.9 Å². The molecule has 0 aliphatic carbocycles. The molecule has 3 nitrogen and oxygen atoms in total. The number of allylic oxidation sites excluding steroid dienone is 1. The number of carbonyl (C=O) groups excluding carboxylic acids is 1. The van der Waals surface area contributed by atoms with Crippen LogP contribution in [0.2, 0.25) is 0 Å². The number of ether oxygens (including phenoxy) is 1. The Labute approximate surface area is 87.4 Å². The zero-order valence-corrected chi connectivity index (χ0v) is 9.35. The Kier molecular flexibility index (Phi) is 3.83. The van der Waals surface area contributed by atoms with Crippen molar-refractivity contribution in [2.75, 3.05) is 6.61 Å². The standard InChI is InChI=1S/C10H13NO2S/c1-4-13-6-5-9(12)10-7(2)14-8(3)11-10/h5-6H,4H2,1-3H3/b6-5+. The van der Waals surface area contributed by atoms with Gasteiger partial charge in [0.05, 0.1) is 17.9 Å². The molecule has 0 aromatic carbocycles. The predicted molar refractivity (Wildman–Crippen MR) is 56.7 cm³/mol. The van der Waals surface area contributed by atoms with Crippen LogP contribution in [0.5, 0.6) is 0 Å². The number of hydrogen-bond acceptors (Lipinski definition) is 4. The fourth-order valence-electron chi connectivity index (χ4n) is 1.04. The van der Waals surface area contributed by atoms with Crippen molar-refractivity contribution in [1.82, 2.24) is 4.98 Å². The fraction of sp³-hybridized carbons (Fsp3) is 0.400. The van der Waals surface area contributed by atoms with E-state index in [0.29, 0.717) is 12.3 Å². The van der Waals surface area contributed by atoms with Crippen LogP contribution in [0.3, 0.4) is 0 Å². The zero-order valence-electron chi connectivity index (χ0n) is 8.53. The molecule has 0 bridgehead atoms. The summed E-state index contributed by atoms with van der Waals surface area (Å²) in [5.74, 6) is -0.0969. The molecule has 0 saturated heterocycles. The number of hydrogen-bond donors (Lipinski definition) is 0. The molecule has 1 aromatic heterocycles. The van der Waals surface area contributed by atoms with Crippen molar-refractivity contribution in [2.45, 2.75) is 20.8 Å². The molecule has 1 rings (SSSR count). The third-order valence-corrected chi connectivity index (χ3v) is 2.51. The van der Waals surface area contributed by atoms with E-state index < -0.39 is 0 Å². The van der Waals surface area contributed by atoms with E-state index in [4.69, 9.17) is 4.74 Å². The van der Waals surface area contributed by atoms with E-state index in [1.54, 1.807) is 0 Å². The maximum absolute atomic E-state index is 11.5. The highest BCUT2D eigenvalue weighted by Crippen LogP contribution is 2.16. The fourth-order valence-corrected chi connectivity index (χ4v) is 1.87. The monoisotopic (exact) mass is 211 g/mol. The highest BCUT2D eigenvalue weighted by Gasteiger charge is 2.10. The van der Waals surface area contributed by atoms with Crippen LogP contribution < -0.4 is 0 Å². The Balaban J connectivity index is 2.74. The lowest BCUT2D eigenvalue weighted by atomic mass is 10.2. The number of aryl methyl sites for hydroxylation is 2. The van der Waals surface area contributed by atoms with Crippen LogP contribution in [0.1, 0.15) is 27.3 Å². The summed E-state index contributed by atoms with van der Waals surface area (Å²) in [6, 6.07) is 0. The van der Waals surface area contributed by atoms with Gasteiger partial charge in [0, 0.05) is 11.0 Å². The van der Waals surface area contributed by atoms with Crippen molar-refractivity contribution < 1.29 is 9.53 Å². The van der Waals surface area contributed by atoms with Crippen LogP contribution >= 0.6 is 11.3 Å². The summed E-state index contributed by atoms with van der Waals surface area (Å²) in [4.78, 5) is 16.6. The number of ketones is 1. The van der Waals surface area contributed by atoms with E-state index in [2.05, 4.69) is 4.98 Å². The molecule has 1 aromatic rings. The van der Waals surface area contributed by atoms with Gasteiger partial charge in [-0.1, -0.05) is 0 Å². The van der Waals surface area contributed by atoms with Gasteiger partial charge in [-0.05, 0) is 20.8 Å². The topological polar surface area (TPSA) is 39.2 Å². The molecular weight excluding hydrogens is 198 g/mol. The highest BCUT2D eigenvalue weighted by molar-refractivity contribution is 7.11. The van der Waals surface area contributed by atoms with E-state index in [9.17, 15) is 4.79 Å². The van der Waals surface area contributed by atoms with Gasteiger partial charge in [-0.3, -0.25) is 4.79 Å². The summed E-state index contributed by atoms with van der Waals surface area (Å²) in [6.07, 6.45) is 2.82. The SMILES string of the molecule is CCO/C=C/C(=O)c1nc(C)sc1C. The van der Waals surface area contributed by atoms with Gasteiger partial charge in [0.15, 0.2) is 0 Å². The van der Waals surface area contributed by atoms with Gasteiger partial charge < -0.3 is 4.74 Å². The summed E-state index contributed by atoms with van der Waals surface area (Å²) in [5, 5.41) is 0.913. The molecule has 1 heterocycles. The van der Waals surface area contributed by atoms with Gasteiger partial charge in [-0.25, -0.2) is 4.98 Å². The van der Waals surface area contributed by atoms with E-state index in [1.807, 2.05) is 20.8 Å². The lowest BCUT2D eigenvalue weighted by Gasteiger charge is -1.92. The summed E-state index contributed by atoms with van der Waals surface area (Å²) in [7, 11) is 0. The molecular formula is C10H13NO2S. The lowest BCUT2D eigenvalue weighted by Crippen LogP contribution is -1.97. The average molecular weight is 211 g/mol. The summed E-state index contributed by atoms with van der Waals surface area (Å²) >= 11 is 1.53. The van der Waals surface area contributed by atoms with E-state index in [-0.39, 0.29) is 5.78 Å². The summed E-state index contributed by atoms with van der Waals surface area (Å²) < 4.78 is 4.95. The first-order valence-corrected chi connectivity index (χ1v) is 5.23. The Hall–Kier alpha value is -1.16. The van der Waals surface area contributed by atoms with Crippen LogP contribution in [0.15, 0.2) is 12.3 Å². The van der Waals surface area contributed by atoms with Gasteiger partial charge in [0.1, 0.15) is 5.69 Å². The van der Waals surface area contributed by atoms with Gasteiger partial charge in [-0.2, -0.15) is 0 Å². The number of rotatable bonds is 4. The first-order chi connectivity index (χ1) is 6.65. The molecule has 0 spiro atoms. The van der Waals surface area contributed by atoms with Crippen molar-refractivity contribution in [1.29, 1.82) is 0 Å². The second-order valence-electron chi connectivity index (χ2n) is 2.76. The molecule has 76 valence electrons. The minimum absolute atomic E-state index is 0.0969. The first kappa shape index (κ1) is 10.9. The minimum atomic E-state index is -0.0969. The molecule has 14 heavy (non-hydrogen) atoms. The number of thiazole rings is 1. The molecule has 0 saturated carbocycles. The third-order valence-electron chi connectivity index (χ3n) is 1.62. The quantitative estimate of drug-likeness (QED) is 0.436. The molecule has 0 N–H and O–H groups in total. The normalized spacial score (nSPS) is 10.8. The maximum Gasteiger partial charge on any atom is 0.208 e. The number of nitrogens with zero attached hydrogens (tertiary/aromatic N) is 1. The Morgan fingerprint density at radius 2 is 2.29 bits per heavy atom. The molecule has 0 fully saturated rings. The van der Waals surface area contributed by atoms with Gasteiger partial charge in [-0.15, -0.1) is 11.3 Å². The molecule has 0 aliphatic rings. The van der Waals surface area contributed by atoms with Crippen LogP contribution in [0, 0.1) is 13.8 Å². The van der Waals surface area contributed by atoms with Gasteiger partial charge >= 0.3 is 0 Å². The smallest absolute Gasteiger partial charge is 0.208 e. The van der Waals surface area contributed by atoms with Gasteiger partial charge in [0.25, 0.3) is 0 Å². The molecule has 0 atom stereocenters. The molecule has 0 amide bonds. The second-order valence-corrected chi connectivity index (χ2v) is 4.17. The molecule has 0 aliphatic heterocycles. The van der Waals surface area contributed by atoms with Crippen LogP contribution in [-0.2, 0) is 4.74 Å². The third kappa shape index (κ3) is 2.67. The Bertz CT molecular complexity index is 355. The van der Waals surface area contributed by atoms with Gasteiger partial charge in [0.2, 0.25) is 5.78 Å². The first-order valence-electron chi connectivity index (χ1n) is 4.41. The average Bonchev–Trinajstić information content (AvgIpc) is 2.45. The van der Waals surface area contributed by atoms with Crippen LogP contribution in [-0.4, -0.2) is 17.4 Å². The number of carbonyl (C=O) groups is 1. The van der Waals surface area contributed by atoms with Crippen LogP contribution in [0.25, 0.3) is 0 Å². The highest BCUT2D eigenvalue weighted by atomic mass is 32.1. The summed E-state index contributed by atoms with van der Waals surface area (Å²) in [6.45, 7) is 6.22. The predicted octanol–water partition coefficient (Wildman–Crippen LogP) is 2.49. The molecule has 0 radical (unpaired) electrons. The van der Waals surface area contributed by atoms with E-state index in [1.165, 1.54) is 23.7 Å². The second kappa shape index (κ2) is 4.91. The lowest BCUT2D eigenvalue weighted by molar-refractivity contribution is 0.103. The maximum atomic E-state index is 11.5. The minimum Gasteiger partial charge on any atom is -0.501 e. The van der Waals surface area contributed by atoms with Crippen LogP contribution in [0.4, 0.5) is 0 Å². The molecule has 4 heteroatoms. The van der Waals surface area contributed by atoms with Crippen molar-refractivity contribution in [3.63, 3.8) is 0 Å². The van der Waals surface area contributed by atoms with Crippen molar-refractivity contribution in [2.24, 2.45) is 0 Å². The van der Waals surface area contributed by atoms with Crippen molar-refractivity contribution in [3.8, 4) is 0 Å². The largest absolute Gasteiger partial charge is 0.501 e. The summed E-state index contributed by atoms with van der Waals surface area (Å²) in [5.41, 5.74) is 0.531. The Morgan fingerprint density at radius 1 is 1.57 bits per heavy atom. The Morgan fingerprint density at radius 3 is 2.79 bits per heavy atom. The van der Waals surface area contributed by atoms with E-state index >= 15 is 0 Å². The van der Waals surface area contributed by atoms with Crippen molar-refractivity contribution >= 4 is 17.1 Å². The zero-order chi connectivity index (χ0) is 10.6. The van der Waals surface area contributed by atoms with E-state index in [0.717, 1.165) is 9.88 Å². The molecule has 0 unspecified atom stereocenters. The number of aromatic nitrogens is 1.